The van der Waals surface area contributed by atoms with E-state index >= 15 is 0 Å². The summed E-state index contributed by atoms with van der Waals surface area (Å²) in [5, 5.41) is 3.03. The molecule has 2 fully saturated rings. The van der Waals surface area contributed by atoms with Crippen LogP contribution in [-0.2, 0) is 14.6 Å². The number of amides is 1. The molecule has 18 heavy (non-hydrogen) atoms. The summed E-state index contributed by atoms with van der Waals surface area (Å²) in [4.78, 5) is 14.1. The Kier molecular flexibility index (Phi) is 4.55. The molecule has 2 aliphatic heterocycles. The third-order valence-corrected chi connectivity index (χ3v) is 6.43. The fourth-order valence-electron chi connectivity index (χ4n) is 2.49. The van der Waals surface area contributed by atoms with E-state index in [2.05, 4.69) is 5.32 Å². The molecule has 0 aromatic carbocycles. The highest BCUT2D eigenvalue weighted by Gasteiger charge is 2.32. The molecule has 1 amide bonds. The molecule has 104 valence electrons. The fraction of sp³-hybridized carbons (Fsp3) is 0.909. The van der Waals surface area contributed by atoms with Gasteiger partial charge in [0.2, 0.25) is 5.91 Å². The number of thioether (sulfide) groups is 1. The van der Waals surface area contributed by atoms with Crippen LogP contribution >= 0.6 is 11.8 Å². The van der Waals surface area contributed by atoms with Crippen LogP contribution in [0.1, 0.15) is 6.42 Å². The summed E-state index contributed by atoms with van der Waals surface area (Å²) in [7, 11) is -1.05. The molecule has 2 atom stereocenters. The predicted molar refractivity (Wildman–Crippen MR) is 73.5 cm³/mol. The van der Waals surface area contributed by atoms with Crippen LogP contribution in [0.2, 0.25) is 0 Å². The lowest BCUT2D eigenvalue weighted by Gasteiger charge is -2.26. The summed E-state index contributed by atoms with van der Waals surface area (Å²) in [6, 6.07) is -0.129. The van der Waals surface area contributed by atoms with Crippen LogP contribution in [0.3, 0.4) is 0 Å². The number of nitrogens with one attached hydrogen (secondary N) is 1. The standard InChI is InChI=1S/C11H20N2O3S2/c1-12-10-7-17-4-3-13(11(10)14)6-9-2-5-18(15,16)8-9/h9-10,12H,2-8H2,1H3. The van der Waals surface area contributed by atoms with Crippen LogP contribution in [0.25, 0.3) is 0 Å². The number of hydrogen-bond acceptors (Lipinski definition) is 5. The predicted octanol–water partition coefficient (Wildman–Crippen LogP) is -0.415. The van der Waals surface area contributed by atoms with Gasteiger partial charge in [0, 0.05) is 24.6 Å². The number of rotatable bonds is 3. The van der Waals surface area contributed by atoms with E-state index in [1.807, 2.05) is 4.90 Å². The molecule has 0 spiro atoms. The van der Waals surface area contributed by atoms with E-state index < -0.39 is 9.84 Å². The third-order valence-electron chi connectivity index (χ3n) is 3.55. The molecule has 1 N–H and O–H groups in total. The maximum absolute atomic E-state index is 12.2. The molecule has 2 unspecified atom stereocenters. The second kappa shape index (κ2) is 5.79. The molecule has 0 saturated carbocycles. The van der Waals surface area contributed by atoms with E-state index in [0.29, 0.717) is 13.0 Å². The first-order valence-corrected chi connectivity index (χ1v) is 9.23. The number of carbonyl (C=O) groups excluding carboxylic acids is 1. The van der Waals surface area contributed by atoms with E-state index in [1.165, 1.54) is 0 Å². The lowest BCUT2D eigenvalue weighted by molar-refractivity contribution is -0.132. The SMILES string of the molecule is CNC1CSCCN(CC2CCS(=O)(=O)C2)C1=O. The first-order chi connectivity index (χ1) is 8.52. The molecule has 7 heteroatoms. The van der Waals surface area contributed by atoms with E-state index in [4.69, 9.17) is 0 Å². The number of likely N-dealkylation sites (N-methyl/N-ethyl adjacent to an activating group) is 1. The van der Waals surface area contributed by atoms with Gasteiger partial charge in [0.15, 0.2) is 9.84 Å². The largest absolute Gasteiger partial charge is 0.340 e. The normalized spacial score (nSPS) is 32.5. The summed E-state index contributed by atoms with van der Waals surface area (Å²) in [5.74, 6) is 2.50. The molecule has 0 aromatic heterocycles. The lowest BCUT2D eigenvalue weighted by Crippen LogP contribution is -2.47. The summed E-state index contributed by atoms with van der Waals surface area (Å²) in [5.41, 5.74) is 0. The number of nitrogens with zero attached hydrogens (tertiary/aromatic N) is 1. The lowest BCUT2D eigenvalue weighted by atomic mass is 10.1. The first kappa shape index (κ1) is 14.1. The molecule has 0 radical (unpaired) electrons. The molecule has 2 aliphatic rings. The number of sulfone groups is 1. The molecule has 0 bridgehead atoms. The topological polar surface area (TPSA) is 66.5 Å². The van der Waals surface area contributed by atoms with Gasteiger partial charge in [0.1, 0.15) is 0 Å². The van der Waals surface area contributed by atoms with Crippen molar-refractivity contribution in [2.45, 2.75) is 12.5 Å². The minimum Gasteiger partial charge on any atom is -0.340 e. The second-order valence-electron chi connectivity index (χ2n) is 4.97. The van der Waals surface area contributed by atoms with Gasteiger partial charge in [0.05, 0.1) is 17.5 Å². The van der Waals surface area contributed by atoms with Crippen molar-refractivity contribution in [3.8, 4) is 0 Å². The quantitative estimate of drug-likeness (QED) is 0.766. The molecular weight excluding hydrogens is 272 g/mol. The van der Waals surface area contributed by atoms with Crippen LogP contribution in [0.15, 0.2) is 0 Å². The van der Waals surface area contributed by atoms with Crippen molar-refractivity contribution in [2.75, 3.05) is 43.1 Å². The number of hydrogen-bond donors (Lipinski definition) is 1. The van der Waals surface area contributed by atoms with Crippen molar-refractivity contribution in [1.29, 1.82) is 0 Å². The minimum absolute atomic E-state index is 0.117. The zero-order valence-corrected chi connectivity index (χ0v) is 12.2. The van der Waals surface area contributed by atoms with Crippen LogP contribution in [0.5, 0.6) is 0 Å². The molecule has 2 saturated heterocycles. The Bertz CT molecular complexity index is 411. The van der Waals surface area contributed by atoms with Gasteiger partial charge in [-0.2, -0.15) is 11.8 Å². The van der Waals surface area contributed by atoms with Crippen molar-refractivity contribution in [3.05, 3.63) is 0 Å². The van der Waals surface area contributed by atoms with Crippen LogP contribution in [0.4, 0.5) is 0 Å². The van der Waals surface area contributed by atoms with Crippen molar-refractivity contribution in [3.63, 3.8) is 0 Å². The van der Waals surface area contributed by atoms with Crippen molar-refractivity contribution < 1.29 is 13.2 Å². The maximum Gasteiger partial charge on any atom is 0.240 e. The average Bonchev–Trinajstić information content (AvgIpc) is 2.56. The van der Waals surface area contributed by atoms with Gasteiger partial charge in [-0.15, -0.1) is 0 Å². The Morgan fingerprint density at radius 3 is 2.89 bits per heavy atom. The Balaban J connectivity index is 1.97. The molecule has 5 nitrogen and oxygen atoms in total. The number of carbonyl (C=O) groups is 1. The molecule has 0 aliphatic carbocycles. The van der Waals surface area contributed by atoms with Gasteiger partial charge in [-0.25, -0.2) is 8.42 Å². The summed E-state index contributed by atoms with van der Waals surface area (Å²) >= 11 is 1.77. The zero-order valence-electron chi connectivity index (χ0n) is 10.6. The third kappa shape index (κ3) is 3.39. The van der Waals surface area contributed by atoms with E-state index in [9.17, 15) is 13.2 Å². The van der Waals surface area contributed by atoms with Gasteiger partial charge in [0.25, 0.3) is 0 Å². The van der Waals surface area contributed by atoms with Gasteiger partial charge in [-0.05, 0) is 19.4 Å². The maximum atomic E-state index is 12.2. The fourth-order valence-corrected chi connectivity index (χ4v) is 5.40. The van der Waals surface area contributed by atoms with Crippen LogP contribution in [0, 0.1) is 5.92 Å². The van der Waals surface area contributed by atoms with E-state index in [1.54, 1.807) is 18.8 Å². The molecule has 2 rings (SSSR count). The Labute approximate surface area is 113 Å². The highest BCUT2D eigenvalue weighted by molar-refractivity contribution is 7.99. The second-order valence-corrected chi connectivity index (χ2v) is 8.35. The summed E-state index contributed by atoms with van der Waals surface area (Å²) in [6.45, 7) is 1.33. The highest BCUT2D eigenvalue weighted by Crippen LogP contribution is 2.21. The van der Waals surface area contributed by atoms with Crippen molar-refractivity contribution in [1.82, 2.24) is 10.2 Å². The average molecular weight is 292 g/mol. The minimum atomic E-state index is -2.85. The van der Waals surface area contributed by atoms with Gasteiger partial charge in [-0.1, -0.05) is 0 Å². The summed E-state index contributed by atoms with van der Waals surface area (Å²) < 4.78 is 22.9. The Morgan fingerprint density at radius 2 is 2.28 bits per heavy atom. The smallest absolute Gasteiger partial charge is 0.240 e. The van der Waals surface area contributed by atoms with Crippen molar-refractivity contribution >= 4 is 27.5 Å². The monoisotopic (exact) mass is 292 g/mol. The molecule has 0 aromatic rings. The van der Waals surface area contributed by atoms with Crippen LogP contribution in [-0.4, -0.2) is 68.4 Å². The summed E-state index contributed by atoms with van der Waals surface area (Å²) in [6.07, 6.45) is 0.698. The van der Waals surface area contributed by atoms with Crippen molar-refractivity contribution in [2.24, 2.45) is 5.92 Å². The van der Waals surface area contributed by atoms with E-state index in [-0.39, 0.29) is 29.4 Å². The zero-order chi connectivity index (χ0) is 13.2. The Morgan fingerprint density at radius 1 is 1.50 bits per heavy atom. The molecular formula is C11H20N2O3S2. The van der Waals surface area contributed by atoms with Crippen LogP contribution < -0.4 is 5.32 Å². The molecule has 2 heterocycles. The van der Waals surface area contributed by atoms with Gasteiger partial charge in [-0.3, -0.25) is 4.79 Å². The van der Waals surface area contributed by atoms with E-state index in [0.717, 1.165) is 18.1 Å². The Hall–Kier alpha value is -0.270. The highest BCUT2D eigenvalue weighted by atomic mass is 32.2. The first-order valence-electron chi connectivity index (χ1n) is 6.26. The van der Waals surface area contributed by atoms with Gasteiger partial charge >= 0.3 is 0 Å². The van der Waals surface area contributed by atoms with Gasteiger partial charge < -0.3 is 10.2 Å².